The van der Waals surface area contributed by atoms with E-state index in [1.807, 2.05) is 19.1 Å². The first kappa shape index (κ1) is 24.8. The second kappa shape index (κ2) is 10.4. The fraction of sp³-hybridized carbons (Fsp3) is 0.500. The lowest BCUT2D eigenvalue weighted by Gasteiger charge is -2.43. The predicted molar refractivity (Wildman–Crippen MR) is 127 cm³/mol. The highest BCUT2D eigenvalue weighted by molar-refractivity contribution is 6.30. The highest BCUT2D eigenvalue weighted by Gasteiger charge is 2.48. The summed E-state index contributed by atoms with van der Waals surface area (Å²) in [5.41, 5.74) is 0.0988. The maximum atomic E-state index is 13.5. The molecule has 9 heteroatoms. The summed E-state index contributed by atoms with van der Waals surface area (Å²) >= 11 is 5.91. The Labute approximate surface area is 199 Å². The number of hydrogen-bond donors (Lipinski definition) is 2. The smallest absolute Gasteiger partial charge is 0.273 e. The molecule has 1 aromatic heterocycles. The molecule has 0 spiro atoms. The van der Waals surface area contributed by atoms with Crippen LogP contribution in [0.2, 0.25) is 5.02 Å². The lowest BCUT2D eigenvalue weighted by atomic mass is 9.93. The zero-order chi connectivity index (χ0) is 24.2. The van der Waals surface area contributed by atoms with Crippen molar-refractivity contribution in [1.82, 2.24) is 25.1 Å². The molecular formula is C24H32ClN5O3. The number of nitrogens with zero attached hydrogens (tertiary/aromatic N) is 3. The largest absolute Gasteiger partial charge is 0.354 e. The van der Waals surface area contributed by atoms with Gasteiger partial charge in [0.15, 0.2) is 5.69 Å². The molecular weight excluding hydrogens is 442 g/mol. The lowest BCUT2D eigenvalue weighted by Crippen LogP contribution is -2.64. The highest BCUT2D eigenvalue weighted by atomic mass is 35.5. The highest BCUT2D eigenvalue weighted by Crippen LogP contribution is 2.29. The van der Waals surface area contributed by atoms with E-state index >= 15 is 0 Å². The van der Waals surface area contributed by atoms with Gasteiger partial charge >= 0.3 is 0 Å². The molecule has 0 aliphatic carbocycles. The summed E-state index contributed by atoms with van der Waals surface area (Å²) in [4.78, 5) is 45.3. The van der Waals surface area contributed by atoms with Gasteiger partial charge in [0, 0.05) is 24.7 Å². The van der Waals surface area contributed by atoms with E-state index in [-0.39, 0.29) is 36.3 Å². The molecule has 2 N–H and O–H groups in total. The maximum Gasteiger partial charge on any atom is 0.273 e. The minimum Gasteiger partial charge on any atom is -0.354 e. The third kappa shape index (κ3) is 5.38. The molecule has 0 bridgehead atoms. The standard InChI is InChI=1S/C24H32ClN5O3/c1-5-12-30-22(32)20-19(21(31)27-13-17-6-8-18(25)9-7-17)28-15-29(20)14-24(30,4)23(33)26-11-10-16(2)3/h6-9,15-16H,5,10-14H2,1-4H3,(H,26,33)(H,27,31)/t24-/m1/s1. The van der Waals surface area contributed by atoms with Gasteiger partial charge in [-0.15, -0.1) is 0 Å². The molecule has 2 heterocycles. The van der Waals surface area contributed by atoms with E-state index in [9.17, 15) is 14.4 Å². The topological polar surface area (TPSA) is 96.3 Å². The summed E-state index contributed by atoms with van der Waals surface area (Å²) in [6.07, 6.45) is 3.01. The minimum absolute atomic E-state index is 0.0670. The second-order valence-electron chi connectivity index (χ2n) is 9.05. The van der Waals surface area contributed by atoms with Gasteiger partial charge in [0.2, 0.25) is 5.91 Å². The molecule has 1 aliphatic heterocycles. The number of rotatable bonds is 9. The van der Waals surface area contributed by atoms with Gasteiger partial charge in [-0.05, 0) is 43.4 Å². The van der Waals surface area contributed by atoms with Crippen molar-refractivity contribution in [3.63, 3.8) is 0 Å². The Hall–Kier alpha value is -2.87. The Kier molecular flexibility index (Phi) is 7.79. The summed E-state index contributed by atoms with van der Waals surface area (Å²) in [5.74, 6) is -0.530. The number of aromatic nitrogens is 2. The number of fused-ring (bicyclic) bond motifs is 1. The number of benzene rings is 1. The van der Waals surface area contributed by atoms with Crippen LogP contribution in [-0.2, 0) is 17.9 Å². The summed E-state index contributed by atoms with van der Waals surface area (Å²) in [7, 11) is 0. The number of imidazole rings is 1. The van der Waals surface area contributed by atoms with Gasteiger partial charge in [0.25, 0.3) is 11.8 Å². The van der Waals surface area contributed by atoms with Crippen molar-refractivity contribution in [2.45, 2.75) is 59.2 Å². The molecule has 33 heavy (non-hydrogen) atoms. The Morgan fingerprint density at radius 1 is 1.21 bits per heavy atom. The fourth-order valence-corrected chi connectivity index (χ4v) is 4.09. The molecule has 0 saturated heterocycles. The summed E-state index contributed by atoms with van der Waals surface area (Å²) in [5, 5.41) is 6.41. The van der Waals surface area contributed by atoms with Gasteiger partial charge in [-0.1, -0.05) is 44.5 Å². The van der Waals surface area contributed by atoms with Crippen molar-refractivity contribution in [2.75, 3.05) is 13.1 Å². The molecule has 0 fully saturated rings. The molecule has 0 saturated carbocycles. The molecule has 3 amide bonds. The van der Waals surface area contributed by atoms with Crippen LogP contribution in [0, 0.1) is 5.92 Å². The van der Waals surface area contributed by atoms with Crippen LogP contribution in [-0.4, -0.2) is 50.8 Å². The van der Waals surface area contributed by atoms with Gasteiger partial charge in [-0.25, -0.2) is 4.98 Å². The van der Waals surface area contributed by atoms with Gasteiger partial charge in [0.05, 0.1) is 12.9 Å². The maximum absolute atomic E-state index is 13.5. The van der Waals surface area contributed by atoms with E-state index in [0.29, 0.717) is 30.5 Å². The quantitative estimate of drug-likeness (QED) is 0.584. The third-order valence-electron chi connectivity index (χ3n) is 5.88. The van der Waals surface area contributed by atoms with Crippen molar-refractivity contribution >= 4 is 29.3 Å². The zero-order valence-electron chi connectivity index (χ0n) is 19.7. The predicted octanol–water partition coefficient (Wildman–Crippen LogP) is 3.25. The van der Waals surface area contributed by atoms with E-state index in [4.69, 9.17) is 11.6 Å². The Balaban J connectivity index is 1.81. The van der Waals surface area contributed by atoms with Crippen LogP contribution in [0.1, 0.15) is 67.1 Å². The number of carbonyl (C=O) groups excluding carboxylic acids is 3. The number of nitrogens with one attached hydrogen (secondary N) is 2. The average Bonchev–Trinajstić information content (AvgIpc) is 3.19. The van der Waals surface area contributed by atoms with Gasteiger partial charge < -0.3 is 20.1 Å². The average molecular weight is 474 g/mol. The number of amides is 3. The van der Waals surface area contributed by atoms with Crippen LogP contribution >= 0.6 is 11.6 Å². The molecule has 1 atom stereocenters. The minimum atomic E-state index is -1.06. The molecule has 0 unspecified atom stereocenters. The fourth-order valence-electron chi connectivity index (χ4n) is 3.96. The normalized spacial score (nSPS) is 17.8. The Morgan fingerprint density at radius 2 is 1.91 bits per heavy atom. The van der Waals surface area contributed by atoms with Crippen LogP contribution in [0.5, 0.6) is 0 Å². The summed E-state index contributed by atoms with van der Waals surface area (Å²) in [6.45, 7) is 9.39. The summed E-state index contributed by atoms with van der Waals surface area (Å²) < 4.78 is 1.62. The number of halogens is 1. The molecule has 178 valence electrons. The molecule has 1 aliphatic rings. The van der Waals surface area contributed by atoms with Gasteiger partial charge in [-0.3, -0.25) is 14.4 Å². The van der Waals surface area contributed by atoms with Crippen LogP contribution < -0.4 is 10.6 Å². The number of carbonyl (C=O) groups is 3. The molecule has 0 radical (unpaired) electrons. The van der Waals surface area contributed by atoms with E-state index in [1.165, 1.54) is 6.33 Å². The van der Waals surface area contributed by atoms with Crippen molar-refractivity contribution in [3.05, 3.63) is 52.6 Å². The van der Waals surface area contributed by atoms with Gasteiger partial charge in [0.1, 0.15) is 11.2 Å². The van der Waals surface area contributed by atoms with Gasteiger partial charge in [-0.2, -0.15) is 0 Å². The first-order valence-corrected chi connectivity index (χ1v) is 11.7. The van der Waals surface area contributed by atoms with Crippen molar-refractivity contribution in [3.8, 4) is 0 Å². The van der Waals surface area contributed by atoms with E-state index < -0.39 is 11.4 Å². The third-order valence-corrected chi connectivity index (χ3v) is 6.14. The molecule has 3 rings (SSSR count). The van der Waals surface area contributed by atoms with Crippen LogP contribution in [0.4, 0.5) is 0 Å². The van der Waals surface area contributed by atoms with Crippen LogP contribution in [0.15, 0.2) is 30.6 Å². The van der Waals surface area contributed by atoms with Crippen LogP contribution in [0.25, 0.3) is 0 Å². The summed E-state index contributed by atoms with van der Waals surface area (Å²) in [6, 6.07) is 7.15. The van der Waals surface area contributed by atoms with Crippen molar-refractivity contribution < 1.29 is 14.4 Å². The molecule has 8 nitrogen and oxygen atoms in total. The molecule has 1 aromatic carbocycles. The molecule has 2 aromatic rings. The van der Waals surface area contributed by atoms with Crippen LogP contribution in [0.3, 0.4) is 0 Å². The second-order valence-corrected chi connectivity index (χ2v) is 9.48. The van der Waals surface area contributed by atoms with Crippen molar-refractivity contribution in [1.29, 1.82) is 0 Å². The zero-order valence-corrected chi connectivity index (χ0v) is 20.4. The first-order chi connectivity index (χ1) is 15.7. The first-order valence-electron chi connectivity index (χ1n) is 11.4. The monoisotopic (exact) mass is 473 g/mol. The lowest BCUT2D eigenvalue weighted by molar-refractivity contribution is -0.132. The van der Waals surface area contributed by atoms with E-state index in [2.05, 4.69) is 29.5 Å². The van der Waals surface area contributed by atoms with E-state index in [0.717, 1.165) is 12.0 Å². The Morgan fingerprint density at radius 3 is 2.55 bits per heavy atom. The van der Waals surface area contributed by atoms with E-state index in [1.54, 1.807) is 28.5 Å². The Bertz CT molecular complexity index is 1020. The number of hydrogen-bond acceptors (Lipinski definition) is 4. The SMILES string of the molecule is CCCN1C(=O)c2c(C(=O)NCc3ccc(Cl)cc3)ncn2C[C@]1(C)C(=O)NCCC(C)C. The van der Waals surface area contributed by atoms with Crippen molar-refractivity contribution in [2.24, 2.45) is 5.92 Å².